The molecule has 0 radical (unpaired) electrons. The van der Waals surface area contributed by atoms with Gasteiger partial charge < -0.3 is 18.9 Å². The van der Waals surface area contributed by atoms with Crippen LogP contribution in [-0.2, 0) is 19.0 Å². The largest absolute Gasteiger partial charge is 0.509 e. The van der Waals surface area contributed by atoms with Gasteiger partial charge in [0, 0.05) is 6.42 Å². The van der Waals surface area contributed by atoms with Gasteiger partial charge in [0.15, 0.2) is 0 Å². The van der Waals surface area contributed by atoms with Gasteiger partial charge in [-0.1, -0.05) is 6.08 Å². The Balaban J connectivity index is 3.44. The maximum Gasteiger partial charge on any atom is 0.509 e. The Bertz CT molecular complexity index is 847. The van der Waals surface area contributed by atoms with Crippen molar-refractivity contribution in [3.05, 3.63) is 36.4 Å². The lowest BCUT2D eigenvalue weighted by Crippen LogP contribution is -2.46. The maximum atomic E-state index is 13.4. The van der Waals surface area contributed by atoms with Gasteiger partial charge in [0.05, 0.1) is 32.0 Å². The number of hydrogen-bond acceptors (Lipinski definition) is 7. The molecule has 0 aliphatic rings. The summed E-state index contributed by atoms with van der Waals surface area (Å²) in [5.41, 5.74) is -1.66. The standard InChI is InChI=1S/C21H26F3NO7/c1-7-8-14(31-19(28)32-20(2,3)4)12-25(18(27)21(22,23)24)16-10-9-13(29-5)11-15(16)17(26)30-6/h7,9-11,14H,1,8,12H2,2-6H3. The second kappa shape index (κ2) is 10.9. The second-order valence-electron chi connectivity index (χ2n) is 7.52. The van der Waals surface area contributed by atoms with Crippen molar-refractivity contribution >= 4 is 23.7 Å². The summed E-state index contributed by atoms with van der Waals surface area (Å²) in [4.78, 5) is 36.8. The van der Waals surface area contributed by atoms with Gasteiger partial charge >= 0.3 is 24.2 Å². The second-order valence-corrected chi connectivity index (χ2v) is 7.52. The predicted octanol–water partition coefficient (Wildman–Crippen LogP) is 4.27. The van der Waals surface area contributed by atoms with Crippen LogP contribution in [0.15, 0.2) is 30.9 Å². The first kappa shape index (κ1) is 26.8. The van der Waals surface area contributed by atoms with Crippen LogP contribution in [0.25, 0.3) is 0 Å². The van der Waals surface area contributed by atoms with Crippen molar-refractivity contribution < 1.29 is 46.5 Å². The number of anilines is 1. The van der Waals surface area contributed by atoms with E-state index in [1.54, 1.807) is 20.8 Å². The summed E-state index contributed by atoms with van der Waals surface area (Å²) in [6.07, 6.45) is -6.45. The van der Waals surface area contributed by atoms with Crippen LogP contribution < -0.4 is 9.64 Å². The summed E-state index contributed by atoms with van der Waals surface area (Å²) in [5.74, 6) is -3.11. The molecule has 11 heteroatoms. The zero-order valence-electron chi connectivity index (χ0n) is 18.4. The van der Waals surface area contributed by atoms with E-state index in [2.05, 4.69) is 11.3 Å². The molecule has 1 rings (SSSR count). The highest BCUT2D eigenvalue weighted by atomic mass is 19.4. The smallest absolute Gasteiger partial charge is 0.497 e. The number of benzene rings is 1. The molecule has 1 unspecified atom stereocenters. The van der Waals surface area contributed by atoms with Crippen molar-refractivity contribution in [3.63, 3.8) is 0 Å². The molecule has 0 bridgehead atoms. The molecule has 0 N–H and O–H groups in total. The molecule has 1 aromatic carbocycles. The number of esters is 1. The van der Waals surface area contributed by atoms with Gasteiger partial charge in [0.2, 0.25) is 0 Å². The minimum atomic E-state index is -5.28. The molecule has 0 heterocycles. The molecule has 0 saturated carbocycles. The number of hydrogen-bond donors (Lipinski definition) is 0. The average Bonchev–Trinajstić information content (AvgIpc) is 2.68. The van der Waals surface area contributed by atoms with Crippen LogP contribution in [0.4, 0.5) is 23.7 Å². The van der Waals surface area contributed by atoms with Crippen LogP contribution >= 0.6 is 0 Å². The molecule has 1 atom stereocenters. The van der Waals surface area contributed by atoms with E-state index in [1.807, 2.05) is 0 Å². The average molecular weight is 461 g/mol. The Morgan fingerprint density at radius 1 is 1.16 bits per heavy atom. The van der Waals surface area contributed by atoms with Gasteiger partial charge in [0.25, 0.3) is 0 Å². The summed E-state index contributed by atoms with van der Waals surface area (Å²) in [6.45, 7) is 7.49. The minimum absolute atomic E-state index is 0.0927. The molecule has 0 saturated heterocycles. The molecular formula is C21H26F3NO7. The van der Waals surface area contributed by atoms with Gasteiger partial charge in [0.1, 0.15) is 17.5 Å². The monoisotopic (exact) mass is 461 g/mol. The topological polar surface area (TPSA) is 91.4 Å². The van der Waals surface area contributed by atoms with Crippen molar-refractivity contribution in [3.8, 4) is 5.75 Å². The number of carbonyl (C=O) groups excluding carboxylic acids is 3. The number of nitrogens with zero attached hydrogens (tertiary/aromatic N) is 1. The Hall–Kier alpha value is -3.24. The SMILES string of the molecule is C=CCC(CN(C(=O)C(F)(F)F)c1ccc(OC)cc1C(=O)OC)OC(=O)OC(C)(C)C. The number of halogens is 3. The van der Waals surface area contributed by atoms with E-state index in [9.17, 15) is 27.6 Å². The lowest BCUT2D eigenvalue weighted by Gasteiger charge is -2.29. The Kier molecular flexibility index (Phi) is 9.10. The molecule has 0 fully saturated rings. The van der Waals surface area contributed by atoms with Crippen LogP contribution in [0.3, 0.4) is 0 Å². The molecule has 178 valence electrons. The molecule has 8 nitrogen and oxygen atoms in total. The van der Waals surface area contributed by atoms with E-state index in [-0.39, 0.29) is 17.7 Å². The highest BCUT2D eigenvalue weighted by Crippen LogP contribution is 2.31. The van der Waals surface area contributed by atoms with Gasteiger partial charge in [-0.2, -0.15) is 13.2 Å². The molecule has 0 aliphatic heterocycles. The normalized spacial score (nSPS) is 12.4. The first-order valence-electron chi connectivity index (χ1n) is 9.39. The first-order chi connectivity index (χ1) is 14.7. The van der Waals surface area contributed by atoms with E-state index in [4.69, 9.17) is 14.2 Å². The van der Waals surface area contributed by atoms with Gasteiger partial charge in [-0.15, -0.1) is 6.58 Å². The van der Waals surface area contributed by atoms with Crippen molar-refractivity contribution in [2.75, 3.05) is 25.7 Å². The fraction of sp³-hybridized carbons (Fsp3) is 0.476. The summed E-state index contributed by atoms with van der Waals surface area (Å²) in [5, 5.41) is 0. The summed E-state index contributed by atoms with van der Waals surface area (Å²) < 4.78 is 59.9. The van der Waals surface area contributed by atoms with Crippen molar-refractivity contribution in [2.45, 2.75) is 45.1 Å². The number of rotatable bonds is 8. The van der Waals surface area contributed by atoms with Crippen LogP contribution in [0.1, 0.15) is 37.6 Å². The number of carbonyl (C=O) groups is 3. The molecule has 1 amide bonds. The maximum absolute atomic E-state index is 13.4. The number of amides is 1. The van der Waals surface area contributed by atoms with E-state index in [1.165, 1.54) is 19.3 Å². The van der Waals surface area contributed by atoms with Crippen LogP contribution in [0, 0.1) is 0 Å². The lowest BCUT2D eigenvalue weighted by molar-refractivity contribution is -0.170. The highest BCUT2D eigenvalue weighted by Gasteiger charge is 2.45. The Morgan fingerprint density at radius 2 is 1.78 bits per heavy atom. The van der Waals surface area contributed by atoms with Gasteiger partial charge in [-0.3, -0.25) is 9.69 Å². The zero-order chi connectivity index (χ0) is 24.7. The van der Waals surface area contributed by atoms with Crippen molar-refractivity contribution in [2.24, 2.45) is 0 Å². The van der Waals surface area contributed by atoms with E-state index in [0.717, 1.165) is 19.2 Å². The van der Waals surface area contributed by atoms with Gasteiger partial charge in [-0.05, 0) is 39.0 Å². The van der Waals surface area contributed by atoms with Crippen molar-refractivity contribution in [1.82, 2.24) is 0 Å². The first-order valence-corrected chi connectivity index (χ1v) is 9.39. The van der Waals surface area contributed by atoms with Crippen molar-refractivity contribution in [1.29, 1.82) is 0 Å². The Morgan fingerprint density at radius 3 is 2.25 bits per heavy atom. The van der Waals surface area contributed by atoms with Crippen LogP contribution in [0.5, 0.6) is 5.75 Å². The van der Waals surface area contributed by atoms with E-state index in [0.29, 0.717) is 4.90 Å². The van der Waals surface area contributed by atoms with Gasteiger partial charge in [-0.25, -0.2) is 9.59 Å². The van der Waals surface area contributed by atoms with Crippen LogP contribution in [-0.4, -0.2) is 56.7 Å². The number of alkyl halides is 3. The highest BCUT2D eigenvalue weighted by molar-refractivity contribution is 6.04. The third-order valence-electron chi connectivity index (χ3n) is 3.86. The van der Waals surface area contributed by atoms with Crippen LogP contribution in [0.2, 0.25) is 0 Å². The van der Waals surface area contributed by atoms with E-state index >= 15 is 0 Å². The molecular weight excluding hydrogens is 435 g/mol. The molecule has 0 aliphatic carbocycles. The van der Waals surface area contributed by atoms with E-state index < -0.39 is 48.1 Å². The lowest BCUT2D eigenvalue weighted by atomic mass is 10.1. The Labute approximate surface area is 183 Å². The fourth-order valence-electron chi connectivity index (χ4n) is 2.55. The fourth-order valence-corrected chi connectivity index (χ4v) is 2.55. The summed E-state index contributed by atoms with van der Waals surface area (Å²) in [7, 11) is 2.33. The number of methoxy groups -OCH3 is 2. The third-order valence-corrected chi connectivity index (χ3v) is 3.86. The molecule has 1 aromatic rings. The minimum Gasteiger partial charge on any atom is -0.497 e. The zero-order valence-corrected chi connectivity index (χ0v) is 18.4. The quantitative estimate of drug-likeness (QED) is 0.422. The molecule has 32 heavy (non-hydrogen) atoms. The summed E-state index contributed by atoms with van der Waals surface area (Å²) >= 11 is 0. The third kappa shape index (κ3) is 7.78. The molecule has 0 spiro atoms. The molecule has 0 aromatic heterocycles. The number of ether oxygens (including phenoxy) is 4. The predicted molar refractivity (Wildman–Crippen MR) is 109 cm³/mol. The summed E-state index contributed by atoms with van der Waals surface area (Å²) in [6, 6.07) is 3.51.